The predicted molar refractivity (Wildman–Crippen MR) is 148 cm³/mol. The van der Waals surface area contributed by atoms with Crippen molar-refractivity contribution in [2.45, 2.75) is 44.4 Å². The quantitative estimate of drug-likeness (QED) is 0.448. The first-order valence-corrected chi connectivity index (χ1v) is 13.9. The number of fused-ring (bicyclic) bond motifs is 2. The molecule has 3 heterocycles. The molecule has 0 aromatic heterocycles. The molecule has 0 bridgehead atoms. The fourth-order valence-corrected chi connectivity index (χ4v) is 6.74. The molecule has 0 aliphatic carbocycles. The maximum atomic E-state index is 14.3. The van der Waals surface area contributed by atoms with Gasteiger partial charge < -0.3 is 4.90 Å². The Hall–Kier alpha value is -3.29. The Morgan fingerprint density at radius 1 is 0.868 bits per heavy atom. The third kappa shape index (κ3) is 4.18. The van der Waals surface area contributed by atoms with Crippen molar-refractivity contribution in [2.75, 3.05) is 6.54 Å². The molecule has 4 atom stereocenters. The summed E-state index contributed by atoms with van der Waals surface area (Å²) in [4.78, 5) is 45.5. The second kappa shape index (κ2) is 9.79. The number of piperidine rings is 1. The number of imide groups is 1. The average molecular weight is 573 g/mol. The largest absolute Gasteiger partial charge is 0.337 e. The second-order valence-corrected chi connectivity index (χ2v) is 11.6. The third-order valence-electron chi connectivity index (χ3n) is 8.32. The topological polar surface area (TPSA) is 69.7 Å². The van der Waals surface area contributed by atoms with Crippen LogP contribution in [0.5, 0.6) is 0 Å². The molecule has 1 N–H and O–H groups in total. The van der Waals surface area contributed by atoms with E-state index in [2.05, 4.69) is 21.2 Å². The Balaban J connectivity index is 1.38. The minimum atomic E-state index is -1.11. The molecule has 0 unspecified atom stereocenters. The number of rotatable bonds is 5. The first-order chi connectivity index (χ1) is 18.4. The predicted octanol–water partition coefficient (Wildman–Crippen LogP) is 4.76. The molecule has 0 radical (unpaired) electrons. The van der Waals surface area contributed by atoms with Crippen LogP contribution >= 0.6 is 15.9 Å². The first kappa shape index (κ1) is 25.0. The highest BCUT2D eigenvalue weighted by molar-refractivity contribution is 9.10. The number of hydrogen-bond donors (Lipinski definition) is 1. The van der Waals surface area contributed by atoms with Crippen molar-refractivity contribution in [1.29, 1.82) is 0 Å². The summed E-state index contributed by atoms with van der Waals surface area (Å²) in [6.07, 6.45) is 1.30. The van der Waals surface area contributed by atoms with Crippen LogP contribution in [0.25, 0.3) is 0 Å². The smallest absolute Gasteiger partial charge is 0.244 e. The molecule has 194 valence electrons. The highest BCUT2D eigenvalue weighted by atomic mass is 79.9. The van der Waals surface area contributed by atoms with Crippen LogP contribution in [0.3, 0.4) is 0 Å². The Kier molecular flexibility index (Phi) is 6.44. The lowest BCUT2D eigenvalue weighted by molar-refractivity contribution is -0.150. The molecular weight excluding hydrogens is 542 g/mol. The summed E-state index contributed by atoms with van der Waals surface area (Å²) in [5, 5.41) is 3.60. The van der Waals surface area contributed by atoms with Crippen LogP contribution in [0, 0.1) is 18.8 Å². The number of carbonyl (C=O) groups excluding carboxylic acids is 3. The van der Waals surface area contributed by atoms with E-state index in [0.717, 1.165) is 33.1 Å². The van der Waals surface area contributed by atoms with Gasteiger partial charge in [0.1, 0.15) is 5.54 Å². The minimum Gasteiger partial charge on any atom is -0.337 e. The lowest BCUT2D eigenvalue weighted by Gasteiger charge is -2.42. The van der Waals surface area contributed by atoms with E-state index in [1.807, 2.05) is 90.7 Å². The molecule has 3 amide bonds. The number of benzene rings is 3. The molecule has 3 aliphatic heterocycles. The van der Waals surface area contributed by atoms with Crippen LogP contribution in [0.2, 0.25) is 0 Å². The molecule has 6 nitrogen and oxygen atoms in total. The normalized spacial score (nSPS) is 26.9. The van der Waals surface area contributed by atoms with Gasteiger partial charge in [-0.1, -0.05) is 88.2 Å². The second-order valence-electron chi connectivity index (χ2n) is 10.7. The minimum absolute atomic E-state index is 0.0843. The molecule has 38 heavy (non-hydrogen) atoms. The van der Waals surface area contributed by atoms with E-state index >= 15 is 0 Å². The van der Waals surface area contributed by atoms with Gasteiger partial charge in [0, 0.05) is 23.6 Å². The van der Waals surface area contributed by atoms with E-state index in [1.165, 1.54) is 4.90 Å². The van der Waals surface area contributed by atoms with Gasteiger partial charge in [-0.15, -0.1) is 0 Å². The lowest BCUT2D eigenvalue weighted by atomic mass is 9.74. The monoisotopic (exact) mass is 571 g/mol. The first-order valence-electron chi connectivity index (χ1n) is 13.1. The van der Waals surface area contributed by atoms with E-state index in [4.69, 9.17) is 0 Å². The van der Waals surface area contributed by atoms with Crippen molar-refractivity contribution in [3.63, 3.8) is 0 Å². The number of nitrogens with one attached hydrogen (secondary N) is 1. The molecule has 1 spiro atoms. The summed E-state index contributed by atoms with van der Waals surface area (Å²) in [5.74, 6) is -1.88. The Labute approximate surface area is 231 Å². The van der Waals surface area contributed by atoms with Gasteiger partial charge in [0.2, 0.25) is 17.7 Å². The van der Waals surface area contributed by atoms with Gasteiger partial charge in [-0.25, -0.2) is 0 Å². The van der Waals surface area contributed by atoms with Crippen LogP contribution in [-0.2, 0) is 27.5 Å². The van der Waals surface area contributed by atoms with E-state index in [-0.39, 0.29) is 24.3 Å². The van der Waals surface area contributed by atoms with Crippen molar-refractivity contribution in [3.8, 4) is 0 Å². The van der Waals surface area contributed by atoms with Crippen LogP contribution in [0.1, 0.15) is 41.1 Å². The Bertz CT molecular complexity index is 1380. The maximum Gasteiger partial charge on any atom is 0.244 e. The summed E-state index contributed by atoms with van der Waals surface area (Å²) in [5.41, 5.74) is 2.87. The number of hydrogen-bond acceptors (Lipinski definition) is 4. The van der Waals surface area contributed by atoms with Crippen LogP contribution in [-0.4, -0.2) is 39.6 Å². The summed E-state index contributed by atoms with van der Waals surface area (Å²) < 4.78 is 0.984. The van der Waals surface area contributed by atoms with E-state index in [9.17, 15) is 14.4 Å². The molecule has 3 aromatic carbocycles. The van der Waals surface area contributed by atoms with Gasteiger partial charge in [0.15, 0.2) is 0 Å². The maximum absolute atomic E-state index is 14.3. The van der Waals surface area contributed by atoms with Gasteiger partial charge in [0.05, 0.1) is 18.4 Å². The van der Waals surface area contributed by atoms with Crippen molar-refractivity contribution in [1.82, 2.24) is 15.1 Å². The van der Waals surface area contributed by atoms with Crippen LogP contribution in [0.15, 0.2) is 83.3 Å². The van der Waals surface area contributed by atoms with Crippen LogP contribution in [0.4, 0.5) is 0 Å². The number of aryl methyl sites for hydroxylation is 1. The van der Waals surface area contributed by atoms with Crippen molar-refractivity contribution < 1.29 is 14.4 Å². The zero-order chi connectivity index (χ0) is 26.4. The van der Waals surface area contributed by atoms with Gasteiger partial charge in [-0.05, 0) is 48.6 Å². The summed E-state index contributed by atoms with van der Waals surface area (Å²) in [7, 11) is 0. The zero-order valence-corrected chi connectivity index (χ0v) is 22.9. The number of halogens is 1. The molecule has 3 aromatic rings. The number of carbonyl (C=O) groups is 3. The molecule has 7 heteroatoms. The fraction of sp³-hybridized carbons (Fsp3) is 0.323. The van der Waals surface area contributed by atoms with Gasteiger partial charge in [0.25, 0.3) is 0 Å². The SMILES string of the molecule is Cc1ccc([C@H]2N[C@]3(CCCN(Cc4ccc(Br)cc4)C3=O)[C@H]3C(=O)N(Cc4ccccc4)C(=O)[C@@H]23)cc1. The van der Waals surface area contributed by atoms with Crippen molar-refractivity contribution >= 4 is 33.7 Å². The van der Waals surface area contributed by atoms with E-state index in [1.54, 1.807) is 0 Å². The molecule has 3 aliphatic rings. The summed E-state index contributed by atoms with van der Waals surface area (Å²) in [6, 6.07) is 25.2. The van der Waals surface area contributed by atoms with Gasteiger partial charge >= 0.3 is 0 Å². The highest BCUT2D eigenvalue weighted by Gasteiger charge is 2.68. The van der Waals surface area contributed by atoms with Gasteiger partial charge in [-0.2, -0.15) is 0 Å². The summed E-state index contributed by atoms with van der Waals surface area (Å²) in [6.45, 7) is 3.34. The Morgan fingerprint density at radius 2 is 1.55 bits per heavy atom. The number of likely N-dealkylation sites (tertiary alicyclic amines) is 2. The average Bonchev–Trinajstić information content (AvgIpc) is 3.39. The van der Waals surface area contributed by atoms with Gasteiger partial charge in [-0.3, -0.25) is 24.6 Å². The van der Waals surface area contributed by atoms with Crippen molar-refractivity contribution in [2.24, 2.45) is 11.8 Å². The zero-order valence-electron chi connectivity index (χ0n) is 21.3. The molecule has 3 fully saturated rings. The summed E-state index contributed by atoms with van der Waals surface area (Å²) >= 11 is 3.47. The van der Waals surface area contributed by atoms with Crippen molar-refractivity contribution in [3.05, 3.63) is 106 Å². The third-order valence-corrected chi connectivity index (χ3v) is 8.85. The molecule has 6 rings (SSSR count). The Morgan fingerprint density at radius 3 is 2.26 bits per heavy atom. The number of amides is 3. The lowest BCUT2D eigenvalue weighted by Crippen LogP contribution is -2.63. The van der Waals surface area contributed by atoms with Crippen LogP contribution < -0.4 is 5.32 Å². The molecule has 3 saturated heterocycles. The standard InChI is InChI=1S/C31H30BrN3O3/c1-20-8-12-23(13-9-20)27-25-26(29(37)35(28(25)36)19-21-6-3-2-4-7-21)31(33-27)16-5-17-34(30(31)38)18-22-10-14-24(32)15-11-22/h2-4,6-15,25-27,33H,5,16-19H2,1H3/t25-,26-,27-,31-/m1/s1. The molecule has 0 saturated carbocycles. The number of nitrogens with zero attached hydrogens (tertiary/aromatic N) is 2. The van der Waals surface area contributed by atoms with E-state index < -0.39 is 23.4 Å². The fourth-order valence-electron chi connectivity index (χ4n) is 6.47. The highest BCUT2D eigenvalue weighted by Crippen LogP contribution is 2.52. The molecular formula is C31H30BrN3O3. The van der Waals surface area contributed by atoms with E-state index in [0.29, 0.717) is 19.5 Å².